The lowest BCUT2D eigenvalue weighted by atomic mass is 10.1. The van der Waals surface area contributed by atoms with Gasteiger partial charge in [0, 0.05) is 13.1 Å². The lowest BCUT2D eigenvalue weighted by Gasteiger charge is -2.29. The van der Waals surface area contributed by atoms with Crippen LogP contribution in [0.3, 0.4) is 0 Å². The van der Waals surface area contributed by atoms with Crippen molar-refractivity contribution in [2.45, 2.75) is 25.4 Å². The van der Waals surface area contributed by atoms with Gasteiger partial charge in [0.05, 0.1) is 17.9 Å². The minimum atomic E-state index is -0.870. The Morgan fingerprint density at radius 1 is 1.13 bits per heavy atom. The third-order valence-corrected chi connectivity index (χ3v) is 3.20. The summed E-state index contributed by atoms with van der Waals surface area (Å²) in [5, 5.41) is 18.0. The molecule has 2 unspecified atom stereocenters. The van der Waals surface area contributed by atoms with E-state index in [2.05, 4.69) is 0 Å². The van der Waals surface area contributed by atoms with Crippen molar-refractivity contribution < 1.29 is 19.8 Å². The molecule has 15 heavy (non-hydrogen) atoms. The average molecular weight is 213 g/mol. The van der Waals surface area contributed by atoms with Gasteiger partial charge in [-0.05, 0) is 19.3 Å². The van der Waals surface area contributed by atoms with Gasteiger partial charge in [-0.25, -0.2) is 0 Å². The molecule has 0 bridgehead atoms. The molecule has 0 spiro atoms. The molecule has 5 heteroatoms. The largest absolute Gasteiger partial charge is 0.481 e. The van der Waals surface area contributed by atoms with Gasteiger partial charge in [0.15, 0.2) is 0 Å². The summed E-state index contributed by atoms with van der Waals surface area (Å²) in [5.74, 6) is -1.69. The van der Waals surface area contributed by atoms with Crippen molar-refractivity contribution in [3.05, 3.63) is 0 Å². The Kier molecular flexibility index (Phi) is 2.65. The van der Waals surface area contributed by atoms with Crippen molar-refractivity contribution in [1.29, 1.82) is 0 Å². The first-order chi connectivity index (χ1) is 7.09. The second-order valence-corrected chi connectivity index (χ2v) is 4.34. The molecule has 5 nitrogen and oxygen atoms in total. The lowest BCUT2D eigenvalue weighted by Crippen LogP contribution is -2.41. The topological polar surface area (TPSA) is 77.8 Å². The fraction of sp³-hybridized carbons (Fsp3) is 0.800. The Balaban J connectivity index is 1.85. The Labute approximate surface area is 87.7 Å². The first kappa shape index (κ1) is 10.4. The molecule has 1 amide bonds. The number of hydrogen-bond donors (Lipinski definition) is 2. The molecule has 1 saturated heterocycles. The number of aliphatic hydroxyl groups excluding tert-OH is 1. The highest BCUT2D eigenvalue weighted by Gasteiger charge is 2.49. The van der Waals surface area contributed by atoms with E-state index in [-0.39, 0.29) is 17.9 Å². The maximum absolute atomic E-state index is 11.8. The van der Waals surface area contributed by atoms with Crippen molar-refractivity contribution in [3.8, 4) is 0 Å². The van der Waals surface area contributed by atoms with Crippen molar-refractivity contribution in [2.24, 2.45) is 11.8 Å². The van der Waals surface area contributed by atoms with Crippen LogP contribution in [0.4, 0.5) is 0 Å². The van der Waals surface area contributed by atoms with Crippen LogP contribution in [0, 0.1) is 11.8 Å². The molecule has 1 saturated carbocycles. The normalized spacial score (nSPS) is 31.4. The average Bonchev–Trinajstić information content (AvgIpc) is 2.97. The minimum Gasteiger partial charge on any atom is -0.481 e. The summed E-state index contributed by atoms with van der Waals surface area (Å²) < 4.78 is 0. The van der Waals surface area contributed by atoms with Gasteiger partial charge in [0.2, 0.25) is 5.91 Å². The van der Waals surface area contributed by atoms with Gasteiger partial charge in [-0.1, -0.05) is 0 Å². The van der Waals surface area contributed by atoms with E-state index in [1.54, 1.807) is 4.90 Å². The second kappa shape index (κ2) is 3.81. The summed E-state index contributed by atoms with van der Waals surface area (Å²) in [6, 6.07) is 0. The predicted molar refractivity (Wildman–Crippen MR) is 51.1 cm³/mol. The van der Waals surface area contributed by atoms with Gasteiger partial charge in [-0.15, -0.1) is 0 Å². The van der Waals surface area contributed by atoms with Crippen molar-refractivity contribution in [3.63, 3.8) is 0 Å². The van der Waals surface area contributed by atoms with Gasteiger partial charge < -0.3 is 15.1 Å². The number of carbonyl (C=O) groups is 2. The van der Waals surface area contributed by atoms with E-state index < -0.39 is 11.9 Å². The van der Waals surface area contributed by atoms with Crippen molar-refractivity contribution in [2.75, 3.05) is 13.1 Å². The smallest absolute Gasteiger partial charge is 0.307 e. The van der Waals surface area contributed by atoms with Gasteiger partial charge in [0.1, 0.15) is 0 Å². The van der Waals surface area contributed by atoms with Crippen LogP contribution in [-0.2, 0) is 9.59 Å². The fourth-order valence-corrected chi connectivity index (χ4v) is 2.06. The summed E-state index contributed by atoms with van der Waals surface area (Å²) in [5.41, 5.74) is 0. The summed E-state index contributed by atoms with van der Waals surface area (Å²) in [4.78, 5) is 24.0. The van der Waals surface area contributed by atoms with E-state index in [1.807, 2.05) is 0 Å². The second-order valence-electron chi connectivity index (χ2n) is 4.34. The Morgan fingerprint density at radius 3 is 2.20 bits per heavy atom. The number of rotatable bonds is 2. The highest BCUT2D eigenvalue weighted by Crippen LogP contribution is 2.40. The van der Waals surface area contributed by atoms with E-state index in [1.165, 1.54) is 0 Å². The van der Waals surface area contributed by atoms with Crippen molar-refractivity contribution in [1.82, 2.24) is 4.90 Å². The molecule has 1 heterocycles. The fourth-order valence-electron chi connectivity index (χ4n) is 2.06. The number of likely N-dealkylation sites (tertiary alicyclic amines) is 1. The maximum Gasteiger partial charge on any atom is 0.307 e. The van der Waals surface area contributed by atoms with Crippen LogP contribution in [0.2, 0.25) is 0 Å². The number of aliphatic hydroxyl groups is 1. The number of hydrogen-bond acceptors (Lipinski definition) is 3. The highest BCUT2D eigenvalue weighted by atomic mass is 16.4. The van der Waals surface area contributed by atoms with Gasteiger partial charge in [-0.3, -0.25) is 9.59 Å². The molecule has 84 valence electrons. The molecule has 2 N–H and O–H groups in total. The predicted octanol–water partition coefficient (Wildman–Crippen LogP) is -0.310. The summed E-state index contributed by atoms with van der Waals surface area (Å²) >= 11 is 0. The third kappa shape index (κ3) is 2.12. The zero-order chi connectivity index (χ0) is 11.0. The van der Waals surface area contributed by atoms with Crippen LogP contribution < -0.4 is 0 Å². The van der Waals surface area contributed by atoms with Crippen LogP contribution in [0.15, 0.2) is 0 Å². The lowest BCUT2D eigenvalue weighted by molar-refractivity contribution is -0.142. The first-order valence-electron chi connectivity index (χ1n) is 5.29. The van der Waals surface area contributed by atoms with E-state index >= 15 is 0 Å². The molecule has 0 aromatic rings. The number of aliphatic carboxylic acids is 1. The number of carbonyl (C=O) groups excluding carboxylic acids is 1. The van der Waals surface area contributed by atoms with Gasteiger partial charge in [-0.2, -0.15) is 0 Å². The number of carboxylic acids is 1. The molecule has 1 aliphatic carbocycles. The van der Waals surface area contributed by atoms with Crippen LogP contribution in [0.25, 0.3) is 0 Å². The molecule has 2 fully saturated rings. The van der Waals surface area contributed by atoms with Crippen LogP contribution in [-0.4, -0.2) is 46.2 Å². The zero-order valence-electron chi connectivity index (χ0n) is 8.43. The Morgan fingerprint density at radius 2 is 1.73 bits per heavy atom. The summed E-state index contributed by atoms with van der Waals surface area (Å²) in [7, 11) is 0. The van der Waals surface area contributed by atoms with E-state index in [9.17, 15) is 14.7 Å². The van der Waals surface area contributed by atoms with Gasteiger partial charge in [0.25, 0.3) is 0 Å². The van der Waals surface area contributed by atoms with Crippen molar-refractivity contribution >= 4 is 11.9 Å². The monoisotopic (exact) mass is 213 g/mol. The molecule has 0 radical (unpaired) electrons. The highest BCUT2D eigenvalue weighted by molar-refractivity contribution is 5.89. The maximum atomic E-state index is 11.8. The molecule has 2 atom stereocenters. The third-order valence-electron chi connectivity index (χ3n) is 3.20. The number of piperidine rings is 1. The van der Waals surface area contributed by atoms with Crippen LogP contribution in [0.5, 0.6) is 0 Å². The molecule has 0 aromatic heterocycles. The molecule has 2 rings (SSSR count). The minimum absolute atomic E-state index is 0.0469. The first-order valence-corrected chi connectivity index (χ1v) is 5.29. The van der Waals surface area contributed by atoms with E-state index in [0.717, 1.165) is 0 Å². The molecular weight excluding hydrogens is 198 g/mol. The van der Waals surface area contributed by atoms with E-state index in [4.69, 9.17) is 5.11 Å². The summed E-state index contributed by atoms with van der Waals surface area (Å²) in [6.07, 6.45) is 1.39. The van der Waals surface area contributed by atoms with Crippen LogP contribution >= 0.6 is 0 Å². The standard InChI is InChI=1S/C10H15NO4/c12-6-1-3-11(4-2-6)9(13)7-5-8(7)10(14)15/h6-8,12H,1-5H2,(H,14,15). The van der Waals surface area contributed by atoms with Crippen LogP contribution in [0.1, 0.15) is 19.3 Å². The quantitative estimate of drug-likeness (QED) is 0.659. The molecular formula is C10H15NO4. The van der Waals surface area contributed by atoms with E-state index in [0.29, 0.717) is 32.4 Å². The molecule has 1 aliphatic heterocycles. The summed E-state index contributed by atoms with van der Waals surface area (Å²) in [6.45, 7) is 1.12. The number of amides is 1. The number of nitrogens with zero attached hydrogens (tertiary/aromatic N) is 1. The molecule has 0 aromatic carbocycles. The zero-order valence-corrected chi connectivity index (χ0v) is 8.43. The SMILES string of the molecule is O=C(O)C1CC1C(=O)N1CCC(O)CC1. The Bertz CT molecular complexity index is 283. The number of carboxylic acid groups (broad SMARTS) is 1. The van der Waals surface area contributed by atoms with Gasteiger partial charge >= 0.3 is 5.97 Å². The Hall–Kier alpha value is -1.10. The molecule has 2 aliphatic rings.